The number of amides is 1. The summed E-state index contributed by atoms with van der Waals surface area (Å²) in [4.78, 5) is 11.7. The molecule has 0 aliphatic carbocycles. The van der Waals surface area contributed by atoms with Gasteiger partial charge in [0.25, 0.3) is 5.91 Å². The van der Waals surface area contributed by atoms with Crippen molar-refractivity contribution in [1.82, 2.24) is 5.43 Å². The van der Waals surface area contributed by atoms with Crippen molar-refractivity contribution in [1.29, 1.82) is 0 Å². The normalized spacial score (nSPS) is 10.2. The maximum absolute atomic E-state index is 14.0. The molecule has 0 spiro atoms. The molecule has 0 unspecified atom stereocenters. The summed E-state index contributed by atoms with van der Waals surface area (Å²) in [5, 5.41) is 2.96. The first-order chi connectivity index (χ1) is 9.52. The van der Waals surface area contributed by atoms with Gasteiger partial charge in [0.1, 0.15) is 5.82 Å². The Bertz CT molecular complexity index is 661. The standard InChI is InChI=1S/C14H13FIN3O/c1-8-7-9(16)5-6-12(8)18-13-10(14(20)19-17)3-2-4-11(13)15/h2-7,18H,17H2,1H3,(H,19,20). The van der Waals surface area contributed by atoms with Crippen molar-refractivity contribution >= 4 is 39.9 Å². The predicted molar refractivity (Wildman–Crippen MR) is 85.2 cm³/mol. The van der Waals surface area contributed by atoms with Crippen molar-refractivity contribution in [2.45, 2.75) is 6.92 Å². The van der Waals surface area contributed by atoms with Crippen molar-refractivity contribution < 1.29 is 9.18 Å². The van der Waals surface area contributed by atoms with Crippen LogP contribution >= 0.6 is 22.6 Å². The van der Waals surface area contributed by atoms with Crippen molar-refractivity contribution in [2.75, 3.05) is 5.32 Å². The molecule has 0 aliphatic heterocycles. The lowest BCUT2D eigenvalue weighted by molar-refractivity contribution is 0.0954. The molecule has 6 heteroatoms. The van der Waals surface area contributed by atoms with Gasteiger partial charge in [-0.2, -0.15) is 0 Å². The van der Waals surface area contributed by atoms with Gasteiger partial charge in [-0.1, -0.05) is 6.07 Å². The largest absolute Gasteiger partial charge is 0.352 e. The van der Waals surface area contributed by atoms with Gasteiger partial charge < -0.3 is 5.32 Å². The molecule has 0 aromatic heterocycles. The molecular formula is C14H13FIN3O. The van der Waals surface area contributed by atoms with Crippen LogP contribution in [0.25, 0.3) is 0 Å². The van der Waals surface area contributed by atoms with E-state index in [0.717, 1.165) is 14.8 Å². The smallest absolute Gasteiger partial charge is 0.267 e. The molecule has 2 aromatic carbocycles. The molecule has 0 bridgehead atoms. The number of carbonyl (C=O) groups is 1. The zero-order valence-corrected chi connectivity index (χ0v) is 12.9. The van der Waals surface area contributed by atoms with Crippen LogP contribution in [0.1, 0.15) is 15.9 Å². The Balaban J connectivity index is 2.45. The fourth-order valence-corrected chi connectivity index (χ4v) is 2.47. The van der Waals surface area contributed by atoms with Crippen LogP contribution < -0.4 is 16.6 Å². The number of nitrogens with two attached hydrogens (primary N) is 1. The summed E-state index contributed by atoms with van der Waals surface area (Å²) in [6, 6.07) is 9.97. The number of hydrogen-bond acceptors (Lipinski definition) is 3. The first-order valence-corrected chi connectivity index (χ1v) is 6.93. The molecule has 0 saturated carbocycles. The lowest BCUT2D eigenvalue weighted by Gasteiger charge is -2.14. The van der Waals surface area contributed by atoms with E-state index >= 15 is 0 Å². The minimum Gasteiger partial charge on any atom is -0.352 e. The zero-order chi connectivity index (χ0) is 14.7. The van der Waals surface area contributed by atoms with Gasteiger partial charge in [-0.3, -0.25) is 10.2 Å². The average Bonchev–Trinajstić information content (AvgIpc) is 2.42. The van der Waals surface area contributed by atoms with Gasteiger partial charge in [0, 0.05) is 9.26 Å². The van der Waals surface area contributed by atoms with Crippen LogP contribution in [0.3, 0.4) is 0 Å². The fraction of sp³-hybridized carbons (Fsp3) is 0.0714. The number of halogens is 2. The number of benzene rings is 2. The number of nitrogen functional groups attached to an aromatic ring is 1. The van der Waals surface area contributed by atoms with Gasteiger partial charge in [-0.15, -0.1) is 0 Å². The maximum Gasteiger partial charge on any atom is 0.267 e. The quantitative estimate of drug-likeness (QED) is 0.329. The molecular weight excluding hydrogens is 372 g/mol. The highest BCUT2D eigenvalue weighted by atomic mass is 127. The molecule has 2 aromatic rings. The Hall–Kier alpha value is -1.67. The van der Waals surface area contributed by atoms with E-state index in [9.17, 15) is 9.18 Å². The number of aryl methyl sites for hydroxylation is 1. The number of hydrazine groups is 1. The van der Waals surface area contributed by atoms with Crippen LogP contribution in [0.15, 0.2) is 36.4 Å². The maximum atomic E-state index is 14.0. The van der Waals surface area contributed by atoms with Gasteiger partial charge in [0.2, 0.25) is 0 Å². The SMILES string of the molecule is Cc1cc(I)ccc1Nc1c(F)cccc1C(=O)NN. The molecule has 2 rings (SSSR count). The molecule has 0 fully saturated rings. The topological polar surface area (TPSA) is 67.2 Å². The highest BCUT2D eigenvalue weighted by Crippen LogP contribution is 2.27. The van der Waals surface area contributed by atoms with E-state index in [1.54, 1.807) is 0 Å². The summed E-state index contributed by atoms with van der Waals surface area (Å²) in [7, 11) is 0. The molecule has 0 atom stereocenters. The predicted octanol–water partition coefficient (Wildman–Crippen LogP) is 3.09. The number of rotatable bonds is 3. The summed E-state index contributed by atoms with van der Waals surface area (Å²) < 4.78 is 15.0. The molecule has 0 aliphatic rings. The first kappa shape index (κ1) is 14.7. The second kappa shape index (κ2) is 6.19. The van der Waals surface area contributed by atoms with E-state index in [0.29, 0.717) is 0 Å². The minimum atomic E-state index is -0.546. The molecule has 0 radical (unpaired) electrons. The lowest BCUT2D eigenvalue weighted by Crippen LogP contribution is -2.30. The molecule has 0 saturated heterocycles. The number of anilines is 2. The van der Waals surface area contributed by atoms with Gasteiger partial charge in [0.15, 0.2) is 0 Å². The summed E-state index contributed by atoms with van der Waals surface area (Å²) in [5.41, 5.74) is 3.98. The first-order valence-electron chi connectivity index (χ1n) is 5.85. The van der Waals surface area contributed by atoms with Crippen molar-refractivity contribution in [3.8, 4) is 0 Å². The van der Waals surface area contributed by atoms with Crippen LogP contribution in [-0.4, -0.2) is 5.91 Å². The van der Waals surface area contributed by atoms with E-state index in [2.05, 4.69) is 27.9 Å². The average molecular weight is 385 g/mol. The molecule has 4 N–H and O–H groups in total. The van der Waals surface area contributed by atoms with Crippen molar-refractivity contribution in [2.24, 2.45) is 5.84 Å². The highest BCUT2D eigenvalue weighted by Gasteiger charge is 2.15. The summed E-state index contributed by atoms with van der Waals surface area (Å²) in [6.07, 6.45) is 0. The van der Waals surface area contributed by atoms with Crippen LogP contribution in [0.4, 0.5) is 15.8 Å². The van der Waals surface area contributed by atoms with Crippen molar-refractivity contribution in [3.05, 3.63) is 56.9 Å². The summed E-state index contributed by atoms with van der Waals surface area (Å²) in [5.74, 6) is 4.06. The molecule has 0 heterocycles. The number of nitrogens with one attached hydrogen (secondary N) is 2. The van der Waals surface area contributed by atoms with Gasteiger partial charge >= 0.3 is 0 Å². The second-order valence-corrected chi connectivity index (χ2v) is 5.47. The van der Waals surface area contributed by atoms with Crippen molar-refractivity contribution in [3.63, 3.8) is 0 Å². The lowest BCUT2D eigenvalue weighted by atomic mass is 10.1. The fourth-order valence-electron chi connectivity index (χ4n) is 1.82. The number of hydrogen-bond donors (Lipinski definition) is 3. The van der Waals surface area contributed by atoms with Gasteiger partial charge in [-0.25, -0.2) is 10.2 Å². The summed E-state index contributed by atoms with van der Waals surface area (Å²) >= 11 is 2.20. The number of para-hydroxylation sites is 1. The van der Waals surface area contributed by atoms with E-state index in [4.69, 9.17) is 5.84 Å². The molecule has 1 amide bonds. The van der Waals surface area contributed by atoms with Crippen LogP contribution in [0.2, 0.25) is 0 Å². The minimum absolute atomic E-state index is 0.111. The third-order valence-corrected chi connectivity index (χ3v) is 3.51. The van der Waals surface area contributed by atoms with Crippen LogP contribution in [-0.2, 0) is 0 Å². The van der Waals surface area contributed by atoms with Gasteiger partial charge in [0.05, 0.1) is 11.3 Å². The Morgan fingerprint density at radius 1 is 1.30 bits per heavy atom. The third-order valence-electron chi connectivity index (χ3n) is 2.84. The molecule has 20 heavy (non-hydrogen) atoms. The van der Waals surface area contributed by atoms with E-state index in [-0.39, 0.29) is 11.3 Å². The zero-order valence-electron chi connectivity index (χ0n) is 10.7. The van der Waals surface area contributed by atoms with Gasteiger partial charge in [-0.05, 0) is 65.4 Å². The Kier molecular flexibility index (Phi) is 4.56. The Morgan fingerprint density at radius 2 is 2.05 bits per heavy atom. The summed E-state index contributed by atoms with van der Waals surface area (Å²) in [6.45, 7) is 1.91. The van der Waals surface area contributed by atoms with E-state index in [1.165, 1.54) is 18.2 Å². The Labute approximate surface area is 129 Å². The van der Waals surface area contributed by atoms with E-state index < -0.39 is 11.7 Å². The highest BCUT2D eigenvalue weighted by molar-refractivity contribution is 14.1. The molecule has 4 nitrogen and oxygen atoms in total. The van der Waals surface area contributed by atoms with Crippen LogP contribution in [0, 0.1) is 16.3 Å². The third kappa shape index (κ3) is 3.07. The monoisotopic (exact) mass is 385 g/mol. The second-order valence-electron chi connectivity index (χ2n) is 4.22. The number of carbonyl (C=O) groups excluding carboxylic acids is 1. The Morgan fingerprint density at radius 3 is 2.70 bits per heavy atom. The molecule has 104 valence electrons. The van der Waals surface area contributed by atoms with E-state index in [1.807, 2.05) is 30.5 Å². The van der Waals surface area contributed by atoms with Crippen LogP contribution in [0.5, 0.6) is 0 Å².